The summed E-state index contributed by atoms with van der Waals surface area (Å²) in [7, 11) is 0. The van der Waals surface area contributed by atoms with Gasteiger partial charge in [0, 0.05) is 36.7 Å². The van der Waals surface area contributed by atoms with Crippen molar-refractivity contribution in [1.29, 1.82) is 0 Å². The number of carbonyl (C=O) groups is 3. The fourth-order valence-corrected chi connectivity index (χ4v) is 6.15. The molecule has 8 heteroatoms. The Morgan fingerprint density at radius 2 is 1.76 bits per heavy atom. The lowest BCUT2D eigenvalue weighted by atomic mass is 9.85. The molecular weight excluding hydrogens is 425 g/mol. The van der Waals surface area contributed by atoms with Crippen molar-refractivity contribution in [2.75, 3.05) is 13.1 Å². The monoisotopic (exact) mass is 455 g/mol. The predicted molar refractivity (Wildman–Crippen MR) is 117 cm³/mol. The predicted octanol–water partition coefficient (Wildman–Crippen LogP) is 2.62. The van der Waals surface area contributed by atoms with Gasteiger partial charge in [-0.15, -0.1) is 0 Å². The molecule has 0 spiro atoms. The number of rotatable bonds is 5. The summed E-state index contributed by atoms with van der Waals surface area (Å²) in [6.07, 6.45) is 7.38. The summed E-state index contributed by atoms with van der Waals surface area (Å²) in [5.74, 6) is 0.245. The molecule has 3 aliphatic heterocycles. The van der Waals surface area contributed by atoms with E-state index in [-0.39, 0.29) is 54.2 Å². The van der Waals surface area contributed by atoms with Crippen molar-refractivity contribution < 1.29 is 23.5 Å². The number of nitrogens with one attached hydrogen (secondary N) is 1. The SMILES string of the molecule is O=C1CCC(N2Cc3c(ccc(O[C@H]4CCCC[C@H]4N4CC(C5CC5)C4)c3F)C2=O)C(=O)N1. The van der Waals surface area contributed by atoms with Gasteiger partial charge in [-0.2, -0.15) is 0 Å². The quantitative estimate of drug-likeness (QED) is 0.691. The minimum absolute atomic E-state index is 0.0206. The number of carbonyl (C=O) groups excluding carboxylic acids is 3. The molecule has 0 bridgehead atoms. The van der Waals surface area contributed by atoms with Gasteiger partial charge in [0.2, 0.25) is 11.8 Å². The lowest BCUT2D eigenvalue weighted by Gasteiger charge is -2.48. The second-order valence-electron chi connectivity index (χ2n) is 10.4. The van der Waals surface area contributed by atoms with Crippen LogP contribution in [0.15, 0.2) is 12.1 Å². The van der Waals surface area contributed by atoms with Gasteiger partial charge < -0.3 is 9.64 Å². The smallest absolute Gasteiger partial charge is 0.255 e. The molecule has 1 unspecified atom stereocenters. The van der Waals surface area contributed by atoms with Gasteiger partial charge in [-0.05, 0) is 62.5 Å². The van der Waals surface area contributed by atoms with E-state index in [0.29, 0.717) is 6.04 Å². The number of fused-ring (bicyclic) bond motifs is 1. The first kappa shape index (κ1) is 21.1. The third kappa shape index (κ3) is 3.72. The van der Waals surface area contributed by atoms with Gasteiger partial charge in [0.15, 0.2) is 11.6 Å². The van der Waals surface area contributed by atoms with E-state index in [4.69, 9.17) is 4.74 Å². The van der Waals surface area contributed by atoms with Crippen LogP contribution in [0.4, 0.5) is 4.39 Å². The Labute approximate surface area is 192 Å². The molecule has 0 radical (unpaired) electrons. The highest BCUT2D eigenvalue weighted by Crippen LogP contribution is 2.43. The summed E-state index contributed by atoms with van der Waals surface area (Å²) in [6.45, 7) is 2.29. The van der Waals surface area contributed by atoms with Crippen LogP contribution in [0.1, 0.15) is 67.3 Å². The molecule has 3 atom stereocenters. The van der Waals surface area contributed by atoms with Crippen molar-refractivity contribution >= 4 is 17.7 Å². The van der Waals surface area contributed by atoms with Gasteiger partial charge in [-0.3, -0.25) is 24.6 Å². The maximum absolute atomic E-state index is 15.5. The molecular formula is C25H30FN3O4. The topological polar surface area (TPSA) is 79.0 Å². The number of amides is 3. The van der Waals surface area contributed by atoms with Crippen LogP contribution in [-0.4, -0.2) is 58.8 Å². The summed E-state index contributed by atoms with van der Waals surface area (Å²) in [6, 6.07) is 2.75. The minimum Gasteiger partial charge on any atom is -0.486 e. The molecule has 2 saturated heterocycles. The van der Waals surface area contributed by atoms with E-state index in [0.717, 1.165) is 44.2 Å². The molecule has 2 saturated carbocycles. The first-order valence-corrected chi connectivity index (χ1v) is 12.4. The van der Waals surface area contributed by atoms with Crippen LogP contribution < -0.4 is 10.1 Å². The van der Waals surface area contributed by atoms with Gasteiger partial charge in [-0.1, -0.05) is 6.42 Å². The zero-order valence-corrected chi connectivity index (χ0v) is 18.7. The highest BCUT2D eigenvalue weighted by molar-refractivity contribution is 6.05. The Balaban J connectivity index is 1.17. The Hall–Kier alpha value is -2.48. The molecule has 6 rings (SSSR count). The fourth-order valence-electron chi connectivity index (χ4n) is 6.15. The second-order valence-corrected chi connectivity index (χ2v) is 10.4. The van der Waals surface area contributed by atoms with Crippen molar-refractivity contribution in [3.05, 3.63) is 29.1 Å². The average molecular weight is 456 g/mol. The Kier molecular flexibility index (Phi) is 5.16. The van der Waals surface area contributed by atoms with Gasteiger partial charge in [0.1, 0.15) is 12.1 Å². The number of ether oxygens (including phenoxy) is 1. The zero-order chi connectivity index (χ0) is 22.7. The van der Waals surface area contributed by atoms with E-state index in [2.05, 4.69) is 10.2 Å². The van der Waals surface area contributed by atoms with E-state index in [9.17, 15) is 14.4 Å². The van der Waals surface area contributed by atoms with Crippen LogP contribution in [0.2, 0.25) is 0 Å². The van der Waals surface area contributed by atoms with E-state index in [1.165, 1.54) is 24.2 Å². The van der Waals surface area contributed by atoms with Crippen molar-refractivity contribution in [3.8, 4) is 5.75 Å². The number of likely N-dealkylation sites (tertiary alicyclic amines) is 1. The normalized spacial score (nSPS) is 30.8. The maximum Gasteiger partial charge on any atom is 0.255 e. The molecule has 33 heavy (non-hydrogen) atoms. The number of halogens is 1. The number of imide groups is 1. The summed E-state index contributed by atoms with van der Waals surface area (Å²) in [5, 5.41) is 2.28. The van der Waals surface area contributed by atoms with Gasteiger partial charge >= 0.3 is 0 Å². The largest absolute Gasteiger partial charge is 0.486 e. The Morgan fingerprint density at radius 1 is 0.970 bits per heavy atom. The van der Waals surface area contributed by atoms with Crippen LogP contribution >= 0.6 is 0 Å². The first-order valence-electron chi connectivity index (χ1n) is 12.4. The highest BCUT2D eigenvalue weighted by atomic mass is 19.1. The van der Waals surface area contributed by atoms with Gasteiger partial charge in [0.25, 0.3) is 5.91 Å². The Morgan fingerprint density at radius 3 is 2.52 bits per heavy atom. The average Bonchev–Trinajstić information content (AvgIpc) is 3.54. The minimum atomic E-state index is -0.750. The molecule has 1 aromatic rings. The number of piperidine rings is 1. The molecule has 3 heterocycles. The number of benzene rings is 1. The van der Waals surface area contributed by atoms with Crippen molar-refractivity contribution in [1.82, 2.24) is 15.1 Å². The van der Waals surface area contributed by atoms with E-state index < -0.39 is 17.8 Å². The molecule has 2 aliphatic carbocycles. The zero-order valence-electron chi connectivity index (χ0n) is 18.7. The molecule has 176 valence electrons. The van der Waals surface area contributed by atoms with Crippen molar-refractivity contribution in [2.24, 2.45) is 11.8 Å². The molecule has 5 aliphatic rings. The molecule has 4 fully saturated rings. The highest BCUT2D eigenvalue weighted by Gasteiger charge is 2.45. The van der Waals surface area contributed by atoms with Crippen molar-refractivity contribution in [3.63, 3.8) is 0 Å². The van der Waals surface area contributed by atoms with E-state index in [1.54, 1.807) is 12.1 Å². The summed E-state index contributed by atoms with van der Waals surface area (Å²) in [4.78, 5) is 40.5. The van der Waals surface area contributed by atoms with E-state index in [1.807, 2.05) is 0 Å². The molecule has 7 nitrogen and oxygen atoms in total. The van der Waals surface area contributed by atoms with Crippen LogP contribution in [0.5, 0.6) is 5.75 Å². The Bertz CT molecular complexity index is 1000. The summed E-state index contributed by atoms with van der Waals surface area (Å²) >= 11 is 0. The second kappa shape index (κ2) is 8.08. The van der Waals surface area contributed by atoms with Crippen LogP contribution in [0.3, 0.4) is 0 Å². The first-order chi connectivity index (χ1) is 16.0. The van der Waals surface area contributed by atoms with Gasteiger partial charge in [-0.25, -0.2) is 4.39 Å². The molecule has 1 aromatic carbocycles. The fraction of sp³-hybridized carbons (Fsp3) is 0.640. The lowest BCUT2D eigenvalue weighted by Crippen LogP contribution is -2.58. The van der Waals surface area contributed by atoms with Gasteiger partial charge in [0.05, 0.1) is 6.54 Å². The van der Waals surface area contributed by atoms with Crippen LogP contribution in [0, 0.1) is 17.7 Å². The van der Waals surface area contributed by atoms with Crippen LogP contribution in [-0.2, 0) is 16.1 Å². The third-order valence-corrected chi connectivity index (χ3v) is 8.26. The lowest BCUT2D eigenvalue weighted by molar-refractivity contribution is -0.136. The summed E-state index contributed by atoms with van der Waals surface area (Å²) < 4.78 is 21.8. The van der Waals surface area contributed by atoms with E-state index >= 15 is 4.39 Å². The standard InChI is InChI=1S/C25H30FN3O4/c26-23-17-13-29(19-8-10-22(30)27-24(19)31)25(32)16(17)7-9-21(23)33-20-4-2-1-3-18(20)28-11-15(12-28)14-5-6-14/h7,9,14-15,18-20H,1-6,8,10-13H2,(H,27,30,31)/t18-,19?,20+/m1/s1. The number of hydrogen-bond acceptors (Lipinski definition) is 5. The van der Waals surface area contributed by atoms with Crippen LogP contribution in [0.25, 0.3) is 0 Å². The summed E-state index contributed by atoms with van der Waals surface area (Å²) in [5.41, 5.74) is 0.562. The molecule has 0 aromatic heterocycles. The molecule has 1 N–H and O–H groups in total. The maximum atomic E-state index is 15.5. The van der Waals surface area contributed by atoms with Crippen molar-refractivity contribution in [2.45, 2.75) is 76.1 Å². The molecule has 3 amide bonds. The number of nitrogens with zero attached hydrogens (tertiary/aromatic N) is 2. The third-order valence-electron chi connectivity index (χ3n) is 8.26. The number of hydrogen-bond donors (Lipinski definition) is 1.